The molecule has 0 aliphatic rings. The number of halogens is 1. The molecular formula is C11H11BrN2O. The van der Waals surface area contributed by atoms with Crippen molar-refractivity contribution in [2.75, 3.05) is 0 Å². The van der Waals surface area contributed by atoms with Crippen LogP contribution in [0.5, 0.6) is 0 Å². The van der Waals surface area contributed by atoms with E-state index in [-0.39, 0.29) is 0 Å². The Bertz CT molecular complexity index is 428. The Morgan fingerprint density at radius 3 is 3.00 bits per heavy atom. The zero-order valence-electron chi connectivity index (χ0n) is 8.02. The zero-order chi connectivity index (χ0) is 10.7. The highest BCUT2D eigenvalue weighted by Crippen LogP contribution is 2.20. The number of aliphatic hydroxyl groups is 1. The van der Waals surface area contributed by atoms with Gasteiger partial charge in [0.2, 0.25) is 0 Å². The Morgan fingerprint density at radius 2 is 2.33 bits per heavy atom. The quantitative estimate of drug-likeness (QED) is 0.897. The molecule has 15 heavy (non-hydrogen) atoms. The molecule has 0 aliphatic carbocycles. The molecule has 0 aliphatic heterocycles. The summed E-state index contributed by atoms with van der Waals surface area (Å²) >= 11 is 3.37. The molecule has 2 N–H and O–H groups in total. The smallest absolute Gasteiger partial charge is 0.108 e. The van der Waals surface area contributed by atoms with Gasteiger partial charge in [-0.25, -0.2) is 4.98 Å². The minimum atomic E-state index is -0.520. The monoisotopic (exact) mass is 266 g/mol. The lowest BCUT2D eigenvalue weighted by atomic mass is 10.1. The first-order chi connectivity index (χ1) is 7.25. The van der Waals surface area contributed by atoms with E-state index in [2.05, 4.69) is 25.9 Å². The molecule has 1 atom stereocenters. The largest absolute Gasteiger partial charge is 0.388 e. The molecule has 0 spiro atoms. The molecule has 0 saturated carbocycles. The molecule has 1 unspecified atom stereocenters. The van der Waals surface area contributed by atoms with Gasteiger partial charge in [-0.15, -0.1) is 0 Å². The van der Waals surface area contributed by atoms with E-state index in [1.165, 1.54) is 0 Å². The summed E-state index contributed by atoms with van der Waals surface area (Å²) in [7, 11) is 0. The highest BCUT2D eigenvalue weighted by atomic mass is 79.9. The van der Waals surface area contributed by atoms with Crippen LogP contribution in [0.15, 0.2) is 41.1 Å². The molecule has 0 fully saturated rings. The molecule has 3 nitrogen and oxygen atoms in total. The number of H-pyrrole nitrogens is 1. The number of aromatic nitrogens is 2. The first kappa shape index (κ1) is 10.4. The Balaban J connectivity index is 2.11. The molecule has 78 valence electrons. The second-order valence-electron chi connectivity index (χ2n) is 3.31. The molecule has 1 heterocycles. The highest BCUT2D eigenvalue weighted by molar-refractivity contribution is 9.10. The van der Waals surface area contributed by atoms with Crippen LogP contribution in [0.1, 0.15) is 17.5 Å². The molecule has 2 rings (SSSR count). The Morgan fingerprint density at radius 1 is 1.47 bits per heavy atom. The number of nitrogens with zero attached hydrogens (tertiary/aromatic N) is 1. The summed E-state index contributed by atoms with van der Waals surface area (Å²) in [6.45, 7) is 0. The van der Waals surface area contributed by atoms with Crippen molar-refractivity contribution in [2.45, 2.75) is 12.5 Å². The summed E-state index contributed by atoms with van der Waals surface area (Å²) in [5.41, 5.74) is 0.890. The van der Waals surface area contributed by atoms with Gasteiger partial charge in [0.05, 0.1) is 6.10 Å². The third-order valence-electron chi connectivity index (χ3n) is 2.17. The van der Waals surface area contributed by atoms with Crippen molar-refractivity contribution in [3.8, 4) is 0 Å². The van der Waals surface area contributed by atoms with Crippen LogP contribution in [-0.4, -0.2) is 15.1 Å². The number of aliphatic hydroxyl groups excluding tert-OH is 1. The van der Waals surface area contributed by atoms with Crippen LogP contribution in [0.25, 0.3) is 0 Å². The summed E-state index contributed by atoms with van der Waals surface area (Å²) in [4.78, 5) is 7.05. The van der Waals surface area contributed by atoms with Gasteiger partial charge in [0.25, 0.3) is 0 Å². The van der Waals surface area contributed by atoms with Crippen molar-refractivity contribution in [1.29, 1.82) is 0 Å². The highest BCUT2D eigenvalue weighted by Gasteiger charge is 2.09. The van der Waals surface area contributed by atoms with E-state index in [0.717, 1.165) is 15.9 Å². The van der Waals surface area contributed by atoms with Crippen LogP contribution in [0, 0.1) is 0 Å². The van der Waals surface area contributed by atoms with Crippen molar-refractivity contribution in [1.82, 2.24) is 9.97 Å². The first-order valence-electron chi connectivity index (χ1n) is 4.67. The van der Waals surface area contributed by atoms with E-state index in [4.69, 9.17) is 0 Å². The second kappa shape index (κ2) is 4.59. The summed E-state index contributed by atoms with van der Waals surface area (Å²) in [5.74, 6) is 0.794. The van der Waals surface area contributed by atoms with E-state index in [1.54, 1.807) is 12.4 Å². The number of imidazole rings is 1. The van der Waals surface area contributed by atoms with Gasteiger partial charge in [-0.1, -0.05) is 28.1 Å². The van der Waals surface area contributed by atoms with Gasteiger partial charge in [-0.05, 0) is 17.7 Å². The summed E-state index contributed by atoms with van der Waals surface area (Å²) in [6.07, 6.45) is 3.42. The zero-order valence-corrected chi connectivity index (χ0v) is 9.61. The number of nitrogens with one attached hydrogen (secondary N) is 1. The molecule has 4 heteroatoms. The maximum absolute atomic E-state index is 9.94. The van der Waals surface area contributed by atoms with Gasteiger partial charge in [0.1, 0.15) is 5.82 Å². The van der Waals surface area contributed by atoms with Crippen molar-refractivity contribution in [3.63, 3.8) is 0 Å². The fourth-order valence-corrected chi connectivity index (χ4v) is 1.84. The Kier molecular flexibility index (Phi) is 3.18. The number of benzene rings is 1. The molecule has 1 aromatic carbocycles. The predicted molar refractivity (Wildman–Crippen MR) is 61.4 cm³/mol. The lowest BCUT2D eigenvalue weighted by Gasteiger charge is -2.09. The summed E-state index contributed by atoms with van der Waals surface area (Å²) in [6, 6.07) is 7.65. The maximum atomic E-state index is 9.94. The van der Waals surface area contributed by atoms with Gasteiger partial charge >= 0.3 is 0 Å². The van der Waals surface area contributed by atoms with Crippen molar-refractivity contribution >= 4 is 15.9 Å². The van der Waals surface area contributed by atoms with Crippen LogP contribution in [0.3, 0.4) is 0 Å². The predicted octanol–water partition coefficient (Wildman–Crippen LogP) is 2.45. The van der Waals surface area contributed by atoms with E-state index >= 15 is 0 Å². The lowest BCUT2D eigenvalue weighted by Crippen LogP contribution is -2.02. The van der Waals surface area contributed by atoms with Gasteiger partial charge < -0.3 is 10.1 Å². The van der Waals surface area contributed by atoms with E-state index in [0.29, 0.717) is 6.42 Å². The van der Waals surface area contributed by atoms with Crippen LogP contribution < -0.4 is 0 Å². The normalized spacial score (nSPS) is 12.7. The van der Waals surface area contributed by atoms with E-state index < -0.39 is 6.10 Å². The average molecular weight is 267 g/mol. The molecule has 0 radical (unpaired) electrons. The van der Waals surface area contributed by atoms with E-state index in [9.17, 15) is 5.11 Å². The lowest BCUT2D eigenvalue weighted by molar-refractivity contribution is 0.176. The third-order valence-corrected chi connectivity index (χ3v) is 2.67. The molecule has 1 aromatic heterocycles. The van der Waals surface area contributed by atoms with Gasteiger partial charge in [-0.2, -0.15) is 0 Å². The minimum absolute atomic E-state index is 0.503. The maximum Gasteiger partial charge on any atom is 0.108 e. The number of aromatic amines is 1. The Hall–Kier alpha value is -1.13. The van der Waals surface area contributed by atoms with Crippen molar-refractivity contribution in [2.24, 2.45) is 0 Å². The standard InChI is InChI=1S/C11H11BrN2O/c12-9-3-1-2-8(6-9)10(15)7-11-13-4-5-14-11/h1-6,10,15H,7H2,(H,13,14). The number of rotatable bonds is 3. The van der Waals surface area contributed by atoms with Crippen LogP contribution in [0.4, 0.5) is 0 Å². The fourth-order valence-electron chi connectivity index (χ4n) is 1.42. The Labute approximate surface area is 96.3 Å². The fraction of sp³-hybridized carbons (Fsp3) is 0.182. The first-order valence-corrected chi connectivity index (χ1v) is 5.47. The SMILES string of the molecule is OC(Cc1ncc[nH]1)c1cccc(Br)c1. The van der Waals surface area contributed by atoms with Crippen LogP contribution in [0.2, 0.25) is 0 Å². The van der Waals surface area contributed by atoms with Crippen molar-refractivity contribution < 1.29 is 5.11 Å². The van der Waals surface area contributed by atoms with Crippen LogP contribution in [-0.2, 0) is 6.42 Å². The van der Waals surface area contributed by atoms with E-state index in [1.807, 2.05) is 24.3 Å². The average Bonchev–Trinajstić information content (AvgIpc) is 2.70. The third kappa shape index (κ3) is 2.67. The molecule has 0 bridgehead atoms. The summed E-state index contributed by atoms with van der Waals surface area (Å²) < 4.78 is 0.971. The van der Waals surface area contributed by atoms with Gasteiger partial charge in [0.15, 0.2) is 0 Å². The summed E-state index contributed by atoms with van der Waals surface area (Å²) in [5, 5.41) is 9.94. The molecule has 0 saturated heterocycles. The minimum Gasteiger partial charge on any atom is -0.388 e. The van der Waals surface area contributed by atoms with Gasteiger partial charge in [-0.3, -0.25) is 0 Å². The topological polar surface area (TPSA) is 48.9 Å². The number of hydrogen-bond acceptors (Lipinski definition) is 2. The molecule has 0 amide bonds. The molecular weight excluding hydrogens is 256 g/mol. The van der Waals surface area contributed by atoms with Crippen molar-refractivity contribution in [3.05, 3.63) is 52.5 Å². The van der Waals surface area contributed by atoms with Crippen LogP contribution >= 0.6 is 15.9 Å². The van der Waals surface area contributed by atoms with Gasteiger partial charge in [0, 0.05) is 23.3 Å². The number of hydrogen-bond donors (Lipinski definition) is 2. The second-order valence-corrected chi connectivity index (χ2v) is 4.23. The molecule has 2 aromatic rings.